The van der Waals surface area contributed by atoms with Crippen LogP contribution in [0, 0.1) is 13.8 Å². The number of hydrogen-bond donors (Lipinski definition) is 1. The zero-order valence-electron chi connectivity index (χ0n) is 13.3. The highest BCUT2D eigenvalue weighted by atomic mass is 16.5. The molecule has 0 bridgehead atoms. The predicted octanol–water partition coefficient (Wildman–Crippen LogP) is 3.78. The van der Waals surface area contributed by atoms with E-state index in [2.05, 4.69) is 24.4 Å². The van der Waals surface area contributed by atoms with Crippen LogP contribution in [-0.4, -0.2) is 12.5 Å². The zero-order valence-corrected chi connectivity index (χ0v) is 13.3. The minimum Gasteiger partial charge on any atom is -0.493 e. The molecule has 0 unspecified atom stereocenters. The van der Waals surface area contributed by atoms with Gasteiger partial charge < -0.3 is 10.1 Å². The fourth-order valence-electron chi connectivity index (χ4n) is 2.13. The molecular weight excluding hydrogens is 274 g/mol. The van der Waals surface area contributed by atoms with Crippen LogP contribution in [0.4, 0.5) is 0 Å². The molecule has 2 aromatic carbocycles. The van der Waals surface area contributed by atoms with Crippen LogP contribution in [0.1, 0.15) is 29.5 Å². The van der Waals surface area contributed by atoms with E-state index in [4.69, 9.17) is 4.74 Å². The molecule has 0 saturated carbocycles. The molecule has 1 N–H and O–H groups in total. The molecule has 0 aliphatic carbocycles. The van der Waals surface area contributed by atoms with E-state index in [1.807, 2.05) is 43.3 Å². The van der Waals surface area contributed by atoms with Gasteiger partial charge in [-0.3, -0.25) is 4.79 Å². The predicted molar refractivity (Wildman–Crippen MR) is 88.9 cm³/mol. The lowest BCUT2D eigenvalue weighted by molar-refractivity contribution is -0.121. The van der Waals surface area contributed by atoms with Crippen molar-refractivity contribution in [3.8, 4) is 5.75 Å². The van der Waals surface area contributed by atoms with Gasteiger partial charge in [-0.1, -0.05) is 48.0 Å². The maximum atomic E-state index is 11.8. The highest BCUT2D eigenvalue weighted by molar-refractivity contribution is 5.75. The molecule has 2 rings (SSSR count). The van der Waals surface area contributed by atoms with Crippen molar-refractivity contribution in [2.45, 2.75) is 33.2 Å². The van der Waals surface area contributed by atoms with Crippen molar-refractivity contribution in [2.75, 3.05) is 6.61 Å². The summed E-state index contributed by atoms with van der Waals surface area (Å²) in [5.74, 6) is 0.955. The van der Waals surface area contributed by atoms with Gasteiger partial charge in [0, 0.05) is 13.0 Å². The lowest BCUT2D eigenvalue weighted by Crippen LogP contribution is -2.22. The molecule has 1 amide bonds. The van der Waals surface area contributed by atoms with Crippen molar-refractivity contribution in [3.63, 3.8) is 0 Å². The van der Waals surface area contributed by atoms with E-state index in [1.54, 1.807) is 0 Å². The molecule has 22 heavy (non-hydrogen) atoms. The quantitative estimate of drug-likeness (QED) is 0.790. The molecule has 0 atom stereocenters. The summed E-state index contributed by atoms with van der Waals surface area (Å²) in [6, 6.07) is 16.1. The lowest BCUT2D eigenvalue weighted by atomic mass is 10.1. The highest BCUT2D eigenvalue weighted by Crippen LogP contribution is 2.16. The molecule has 3 nitrogen and oxygen atoms in total. The number of carbonyl (C=O) groups is 1. The molecule has 0 spiro atoms. The van der Waals surface area contributed by atoms with Crippen molar-refractivity contribution < 1.29 is 9.53 Å². The van der Waals surface area contributed by atoms with E-state index in [9.17, 15) is 4.79 Å². The van der Waals surface area contributed by atoms with Crippen molar-refractivity contribution in [2.24, 2.45) is 0 Å². The minimum atomic E-state index is 0.0639. The van der Waals surface area contributed by atoms with Crippen LogP contribution in [0.2, 0.25) is 0 Å². The first-order chi connectivity index (χ1) is 10.6. The van der Waals surface area contributed by atoms with Gasteiger partial charge in [0.15, 0.2) is 0 Å². The van der Waals surface area contributed by atoms with Crippen molar-refractivity contribution in [1.29, 1.82) is 0 Å². The number of benzene rings is 2. The fraction of sp³-hybridized carbons (Fsp3) is 0.316. The molecule has 0 fully saturated rings. The summed E-state index contributed by atoms with van der Waals surface area (Å²) in [6.45, 7) is 5.21. The second kappa shape index (κ2) is 8.23. The first kappa shape index (κ1) is 16.1. The number of aryl methyl sites for hydroxylation is 2. The van der Waals surface area contributed by atoms with E-state index >= 15 is 0 Å². The first-order valence-corrected chi connectivity index (χ1v) is 7.66. The van der Waals surface area contributed by atoms with Crippen molar-refractivity contribution >= 4 is 5.91 Å². The van der Waals surface area contributed by atoms with E-state index in [0.29, 0.717) is 26.0 Å². The normalized spacial score (nSPS) is 10.3. The maximum absolute atomic E-state index is 11.8. The summed E-state index contributed by atoms with van der Waals surface area (Å²) in [5, 5.41) is 2.93. The van der Waals surface area contributed by atoms with Gasteiger partial charge in [0.1, 0.15) is 5.75 Å². The summed E-state index contributed by atoms with van der Waals surface area (Å²) in [4.78, 5) is 11.8. The Morgan fingerprint density at radius 3 is 2.50 bits per heavy atom. The van der Waals surface area contributed by atoms with Gasteiger partial charge in [-0.05, 0) is 37.5 Å². The molecule has 116 valence electrons. The Labute approximate surface area is 132 Å². The van der Waals surface area contributed by atoms with Crippen LogP contribution in [0.25, 0.3) is 0 Å². The standard InChI is InChI=1S/C19H23NO2/c1-15-9-11-17(12-10-15)14-20-19(21)8-5-13-22-18-7-4-3-6-16(18)2/h3-4,6-7,9-12H,5,8,13-14H2,1-2H3,(H,20,21). The van der Waals surface area contributed by atoms with Gasteiger partial charge in [-0.25, -0.2) is 0 Å². The number of carbonyl (C=O) groups excluding carboxylic acids is 1. The van der Waals surface area contributed by atoms with E-state index in [0.717, 1.165) is 16.9 Å². The zero-order chi connectivity index (χ0) is 15.8. The van der Waals surface area contributed by atoms with Crippen LogP contribution in [0.5, 0.6) is 5.75 Å². The number of nitrogens with one attached hydrogen (secondary N) is 1. The van der Waals surface area contributed by atoms with Gasteiger partial charge in [0.2, 0.25) is 5.91 Å². The van der Waals surface area contributed by atoms with Gasteiger partial charge in [-0.15, -0.1) is 0 Å². The summed E-state index contributed by atoms with van der Waals surface area (Å²) < 4.78 is 5.68. The van der Waals surface area contributed by atoms with Crippen LogP contribution in [-0.2, 0) is 11.3 Å². The van der Waals surface area contributed by atoms with Crippen LogP contribution < -0.4 is 10.1 Å². The Kier molecular flexibility index (Phi) is 6.01. The number of amides is 1. The average molecular weight is 297 g/mol. The SMILES string of the molecule is Cc1ccc(CNC(=O)CCCOc2ccccc2C)cc1. The lowest BCUT2D eigenvalue weighted by Gasteiger charge is -2.09. The van der Waals surface area contributed by atoms with Crippen LogP contribution in [0.3, 0.4) is 0 Å². The third kappa shape index (κ3) is 5.24. The summed E-state index contributed by atoms with van der Waals surface area (Å²) in [5.41, 5.74) is 3.46. The highest BCUT2D eigenvalue weighted by Gasteiger charge is 2.03. The largest absolute Gasteiger partial charge is 0.493 e. The summed E-state index contributed by atoms with van der Waals surface area (Å²) in [7, 11) is 0. The molecule has 0 saturated heterocycles. The summed E-state index contributed by atoms with van der Waals surface area (Å²) >= 11 is 0. The number of rotatable bonds is 7. The summed E-state index contributed by atoms with van der Waals surface area (Å²) in [6.07, 6.45) is 1.20. The maximum Gasteiger partial charge on any atom is 0.220 e. The van der Waals surface area contributed by atoms with Gasteiger partial charge >= 0.3 is 0 Å². The van der Waals surface area contributed by atoms with Gasteiger partial charge in [-0.2, -0.15) is 0 Å². The number of ether oxygens (including phenoxy) is 1. The number of hydrogen-bond acceptors (Lipinski definition) is 2. The van der Waals surface area contributed by atoms with E-state index in [1.165, 1.54) is 5.56 Å². The molecule has 0 heterocycles. The third-order valence-electron chi connectivity index (χ3n) is 3.51. The van der Waals surface area contributed by atoms with Gasteiger partial charge in [0.05, 0.1) is 6.61 Å². The van der Waals surface area contributed by atoms with Crippen molar-refractivity contribution in [3.05, 3.63) is 65.2 Å². The van der Waals surface area contributed by atoms with E-state index < -0.39 is 0 Å². The Hall–Kier alpha value is -2.29. The molecule has 0 aliphatic heterocycles. The topological polar surface area (TPSA) is 38.3 Å². The third-order valence-corrected chi connectivity index (χ3v) is 3.51. The smallest absolute Gasteiger partial charge is 0.220 e. The monoisotopic (exact) mass is 297 g/mol. The van der Waals surface area contributed by atoms with E-state index in [-0.39, 0.29) is 5.91 Å². The molecule has 0 aromatic heterocycles. The van der Waals surface area contributed by atoms with Crippen LogP contribution >= 0.6 is 0 Å². The molecule has 0 aliphatic rings. The average Bonchev–Trinajstić information content (AvgIpc) is 2.52. The minimum absolute atomic E-state index is 0.0639. The molecule has 0 radical (unpaired) electrons. The van der Waals surface area contributed by atoms with Gasteiger partial charge in [0.25, 0.3) is 0 Å². The Morgan fingerprint density at radius 2 is 1.77 bits per heavy atom. The van der Waals surface area contributed by atoms with Crippen LogP contribution in [0.15, 0.2) is 48.5 Å². The second-order valence-corrected chi connectivity index (χ2v) is 5.48. The molecule has 3 heteroatoms. The Bertz CT molecular complexity index is 605. The first-order valence-electron chi connectivity index (χ1n) is 7.66. The molecule has 2 aromatic rings. The fourth-order valence-corrected chi connectivity index (χ4v) is 2.13. The number of para-hydroxylation sites is 1. The second-order valence-electron chi connectivity index (χ2n) is 5.48. The molecular formula is C19H23NO2. The van der Waals surface area contributed by atoms with Crippen molar-refractivity contribution in [1.82, 2.24) is 5.32 Å². The Morgan fingerprint density at radius 1 is 1.05 bits per heavy atom. The Balaban J connectivity index is 1.64.